The lowest BCUT2D eigenvalue weighted by atomic mass is 10.1. The third-order valence-electron chi connectivity index (χ3n) is 2.72. The van der Waals surface area contributed by atoms with Gasteiger partial charge in [-0.15, -0.1) is 0 Å². The van der Waals surface area contributed by atoms with Crippen LogP contribution in [0.5, 0.6) is 0 Å². The van der Waals surface area contributed by atoms with Crippen LogP contribution in [0.15, 0.2) is 62.8 Å². The summed E-state index contributed by atoms with van der Waals surface area (Å²) in [5.41, 5.74) is 0.981. The Balaban J connectivity index is 2.14. The normalized spacial score (nSPS) is 12.4. The summed E-state index contributed by atoms with van der Waals surface area (Å²) in [6.45, 7) is 1.98. The van der Waals surface area contributed by atoms with E-state index in [2.05, 4.69) is 34.1 Å². The highest BCUT2D eigenvalue weighted by atomic mass is 79.9. The minimum absolute atomic E-state index is 0.354. The Hall–Kier alpha value is -0.770. The van der Waals surface area contributed by atoms with Gasteiger partial charge in [0.25, 0.3) is 0 Å². The second kappa shape index (κ2) is 6.41. The Labute approximate surface area is 120 Å². The fraction of sp³-hybridized carbons (Fsp3) is 0.200. The first kappa shape index (κ1) is 13.7. The number of rotatable bonds is 4. The summed E-state index contributed by atoms with van der Waals surface area (Å²) in [5.74, 6) is 0. The number of halogens is 1. The predicted octanol–water partition coefficient (Wildman–Crippen LogP) is 5.04. The van der Waals surface area contributed by atoms with Gasteiger partial charge < -0.3 is 5.11 Å². The molecule has 0 bridgehead atoms. The lowest BCUT2D eigenvalue weighted by molar-refractivity contribution is 0.173. The first-order chi connectivity index (χ1) is 8.70. The molecular formula is C15H15BrOS. The van der Waals surface area contributed by atoms with Crippen molar-refractivity contribution in [2.75, 3.05) is 0 Å². The van der Waals surface area contributed by atoms with Gasteiger partial charge in [-0.25, -0.2) is 0 Å². The maximum Gasteiger partial charge on any atom is 0.0787 e. The second-order valence-electron chi connectivity index (χ2n) is 4.03. The average Bonchev–Trinajstić information content (AvgIpc) is 2.41. The summed E-state index contributed by atoms with van der Waals surface area (Å²) in [6, 6.07) is 16.3. The summed E-state index contributed by atoms with van der Waals surface area (Å²) >= 11 is 5.26. The van der Waals surface area contributed by atoms with Gasteiger partial charge in [-0.3, -0.25) is 0 Å². The van der Waals surface area contributed by atoms with Gasteiger partial charge in [0.1, 0.15) is 0 Å². The molecule has 0 aliphatic carbocycles. The third kappa shape index (κ3) is 3.37. The van der Waals surface area contributed by atoms with Crippen molar-refractivity contribution in [1.82, 2.24) is 0 Å². The fourth-order valence-electron chi connectivity index (χ4n) is 1.65. The number of aliphatic hydroxyl groups is 1. The van der Waals surface area contributed by atoms with Gasteiger partial charge in [0.2, 0.25) is 0 Å². The van der Waals surface area contributed by atoms with Crippen molar-refractivity contribution in [3.8, 4) is 0 Å². The Morgan fingerprint density at radius 3 is 2.39 bits per heavy atom. The molecule has 0 heterocycles. The number of aliphatic hydroxyl groups excluding tert-OH is 1. The zero-order valence-electron chi connectivity index (χ0n) is 10.1. The molecule has 2 rings (SSSR count). The van der Waals surface area contributed by atoms with E-state index >= 15 is 0 Å². The van der Waals surface area contributed by atoms with Crippen LogP contribution in [0.2, 0.25) is 0 Å². The van der Waals surface area contributed by atoms with E-state index in [1.54, 1.807) is 11.8 Å². The number of benzene rings is 2. The van der Waals surface area contributed by atoms with E-state index in [1.807, 2.05) is 37.3 Å². The molecule has 0 saturated heterocycles. The van der Waals surface area contributed by atoms with E-state index in [9.17, 15) is 5.11 Å². The zero-order valence-corrected chi connectivity index (χ0v) is 12.5. The van der Waals surface area contributed by atoms with E-state index in [-0.39, 0.29) is 6.10 Å². The Kier molecular flexibility index (Phi) is 4.87. The van der Waals surface area contributed by atoms with Crippen molar-refractivity contribution < 1.29 is 5.11 Å². The van der Waals surface area contributed by atoms with E-state index in [0.29, 0.717) is 0 Å². The van der Waals surface area contributed by atoms with Crippen LogP contribution < -0.4 is 0 Å². The predicted molar refractivity (Wildman–Crippen MR) is 80.0 cm³/mol. The molecule has 0 aromatic heterocycles. The van der Waals surface area contributed by atoms with Crippen LogP contribution in [0.4, 0.5) is 0 Å². The van der Waals surface area contributed by atoms with Crippen LogP contribution >= 0.6 is 27.7 Å². The standard InChI is InChI=1S/C15H15BrOS/c1-2-14(17)11-7-9-12(10-8-11)18-15-6-4-3-5-13(15)16/h3-10,14,17H,2H2,1H3/t14-/m0/s1. The molecule has 0 unspecified atom stereocenters. The number of hydrogen-bond donors (Lipinski definition) is 1. The summed E-state index contributed by atoms with van der Waals surface area (Å²) in [5, 5.41) is 9.74. The van der Waals surface area contributed by atoms with E-state index in [4.69, 9.17) is 0 Å². The van der Waals surface area contributed by atoms with E-state index in [1.165, 1.54) is 9.79 Å². The molecule has 0 saturated carbocycles. The van der Waals surface area contributed by atoms with Crippen LogP contribution in [0.25, 0.3) is 0 Å². The molecule has 1 atom stereocenters. The molecule has 0 amide bonds. The summed E-state index contributed by atoms with van der Waals surface area (Å²) in [7, 11) is 0. The SMILES string of the molecule is CC[C@H](O)c1ccc(Sc2ccccc2Br)cc1. The highest BCUT2D eigenvalue weighted by molar-refractivity contribution is 9.10. The van der Waals surface area contributed by atoms with Crippen molar-refractivity contribution in [3.05, 3.63) is 58.6 Å². The molecule has 0 aliphatic heterocycles. The van der Waals surface area contributed by atoms with Gasteiger partial charge in [-0.2, -0.15) is 0 Å². The van der Waals surface area contributed by atoms with Gasteiger partial charge in [-0.1, -0.05) is 43.0 Å². The van der Waals surface area contributed by atoms with Gasteiger partial charge in [0.15, 0.2) is 0 Å². The third-order valence-corrected chi connectivity index (χ3v) is 4.75. The molecule has 2 aromatic rings. The topological polar surface area (TPSA) is 20.2 Å². The Morgan fingerprint density at radius 1 is 1.11 bits per heavy atom. The summed E-state index contributed by atoms with van der Waals surface area (Å²) in [4.78, 5) is 2.37. The molecule has 18 heavy (non-hydrogen) atoms. The highest BCUT2D eigenvalue weighted by Gasteiger charge is 2.05. The van der Waals surface area contributed by atoms with Crippen LogP contribution in [0.1, 0.15) is 25.0 Å². The minimum atomic E-state index is -0.354. The number of hydrogen-bond acceptors (Lipinski definition) is 2. The van der Waals surface area contributed by atoms with Crippen molar-refractivity contribution in [2.45, 2.75) is 29.2 Å². The first-order valence-electron chi connectivity index (χ1n) is 5.91. The Morgan fingerprint density at radius 2 is 1.78 bits per heavy atom. The van der Waals surface area contributed by atoms with Crippen molar-refractivity contribution >= 4 is 27.7 Å². The lowest BCUT2D eigenvalue weighted by Crippen LogP contribution is -1.93. The molecule has 3 heteroatoms. The van der Waals surface area contributed by atoms with E-state index < -0.39 is 0 Å². The van der Waals surface area contributed by atoms with Crippen molar-refractivity contribution in [1.29, 1.82) is 0 Å². The van der Waals surface area contributed by atoms with Crippen LogP contribution in [-0.2, 0) is 0 Å². The zero-order chi connectivity index (χ0) is 13.0. The van der Waals surface area contributed by atoms with Crippen LogP contribution in [0.3, 0.4) is 0 Å². The minimum Gasteiger partial charge on any atom is -0.388 e. The maximum atomic E-state index is 9.74. The van der Waals surface area contributed by atoms with Gasteiger partial charge in [0, 0.05) is 14.3 Å². The van der Waals surface area contributed by atoms with Gasteiger partial charge in [0.05, 0.1) is 6.10 Å². The molecule has 1 nitrogen and oxygen atoms in total. The monoisotopic (exact) mass is 322 g/mol. The van der Waals surface area contributed by atoms with E-state index in [0.717, 1.165) is 16.5 Å². The largest absolute Gasteiger partial charge is 0.388 e. The molecule has 94 valence electrons. The maximum absolute atomic E-state index is 9.74. The molecule has 0 aliphatic rings. The van der Waals surface area contributed by atoms with Crippen molar-refractivity contribution in [3.63, 3.8) is 0 Å². The molecule has 0 fully saturated rings. The smallest absolute Gasteiger partial charge is 0.0787 e. The highest BCUT2D eigenvalue weighted by Crippen LogP contribution is 2.33. The fourth-order valence-corrected chi connectivity index (χ4v) is 3.01. The molecule has 2 aromatic carbocycles. The molecule has 0 spiro atoms. The first-order valence-corrected chi connectivity index (χ1v) is 7.52. The Bertz CT molecular complexity index is 510. The van der Waals surface area contributed by atoms with Crippen LogP contribution in [0, 0.1) is 0 Å². The van der Waals surface area contributed by atoms with Gasteiger partial charge in [-0.05, 0) is 52.2 Å². The lowest BCUT2D eigenvalue weighted by Gasteiger charge is -2.09. The van der Waals surface area contributed by atoms with Crippen molar-refractivity contribution in [2.24, 2.45) is 0 Å². The molecular weight excluding hydrogens is 308 g/mol. The quantitative estimate of drug-likeness (QED) is 0.850. The average molecular weight is 323 g/mol. The van der Waals surface area contributed by atoms with Crippen LogP contribution in [-0.4, -0.2) is 5.11 Å². The summed E-state index contributed by atoms with van der Waals surface area (Å²) < 4.78 is 1.10. The second-order valence-corrected chi connectivity index (χ2v) is 6.00. The molecule has 0 radical (unpaired) electrons. The summed E-state index contributed by atoms with van der Waals surface area (Å²) in [6.07, 6.45) is 0.393. The molecule has 1 N–H and O–H groups in total. The van der Waals surface area contributed by atoms with Gasteiger partial charge >= 0.3 is 0 Å².